The van der Waals surface area contributed by atoms with Gasteiger partial charge in [-0.3, -0.25) is 19.7 Å². The van der Waals surface area contributed by atoms with E-state index in [1.54, 1.807) is 24.3 Å². The summed E-state index contributed by atoms with van der Waals surface area (Å²) in [6, 6.07) is 6.22. The lowest BCUT2D eigenvalue weighted by Crippen LogP contribution is -2.47. The molecule has 3 amide bonds. The van der Waals surface area contributed by atoms with Crippen LogP contribution in [0.15, 0.2) is 24.3 Å². The SMILES string of the molecule is CCCOc1ccc(C(=O)CCC(=O)O[C@H](C)C(=O)NC(=O)NC2CCCC2)cc1. The number of rotatable bonds is 10. The van der Waals surface area contributed by atoms with E-state index in [0.29, 0.717) is 17.9 Å². The number of benzene rings is 1. The molecule has 2 N–H and O–H groups in total. The Labute approximate surface area is 176 Å². The Kier molecular flexibility index (Phi) is 9.31. The van der Waals surface area contributed by atoms with Crippen molar-refractivity contribution < 1.29 is 28.7 Å². The molecule has 0 heterocycles. The highest BCUT2D eigenvalue weighted by Gasteiger charge is 2.23. The number of hydrogen-bond donors (Lipinski definition) is 2. The van der Waals surface area contributed by atoms with Crippen molar-refractivity contribution in [2.24, 2.45) is 0 Å². The van der Waals surface area contributed by atoms with E-state index in [-0.39, 0.29) is 24.7 Å². The van der Waals surface area contributed by atoms with E-state index < -0.39 is 24.0 Å². The van der Waals surface area contributed by atoms with Gasteiger partial charge < -0.3 is 14.8 Å². The van der Waals surface area contributed by atoms with Gasteiger partial charge in [-0.25, -0.2) is 4.79 Å². The third kappa shape index (κ3) is 7.85. The van der Waals surface area contributed by atoms with E-state index in [4.69, 9.17) is 9.47 Å². The van der Waals surface area contributed by atoms with Crippen LogP contribution in [-0.2, 0) is 14.3 Å². The number of carbonyl (C=O) groups excluding carboxylic acids is 4. The Morgan fingerprint density at radius 2 is 1.73 bits per heavy atom. The average molecular weight is 418 g/mol. The summed E-state index contributed by atoms with van der Waals surface area (Å²) in [5, 5.41) is 4.90. The number of imide groups is 1. The van der Waals surface area contributed by atoms with Gasteiger partial charge in [-0.1, -0.05) is 19.8 Å². The lowest BCUT2D eigenvalue weighted by atomic mass is 10.1. The highest BCUT2D eigenvalue weighted by atomic mass is 16.5. The van der Waals surface area contributed by atoms with Crippen molar-refractivity contribution in [3.8, 4) is 5.75 Å². The van der Waals surface area contributed by atoms with Gasteiger partial charge in [-0.2, -0.15) is 0 Å². The number of amides is 3. The first-order valence-electron chi connectivity index (χ1n) is 10.5. The molecule has 0 spiro atoms. The molecule has 0 unspecified atom stereocenters. The molecule has 1 aliphatic carbocycles. The minimum absolute atomic E-state index is 0.0372. The van der Waals surface area contributed by atoms with Crippen LogP contribution in [-0.4, -0.2) is 42.4 Å². The Bertz CT molecular complexity index is 740. The van der Waals surface area contributed by atoms with Crippen LogP contribution in [0.4, 0.5) is 4.79 Å². The van der Waals surface area contributed by atoms with Gasteiger partial charge in [0.25, 0.3) is 5.91 Å². The van der Waals surface area contributed by atoms with Gasteiger partial charge in [0, 0.05) is 18.0 Å². The van der Waals surface area contributed by atoms with Gasteiger partial charge in [0.1, 0.15) is 5.75 Å². The van der Waals surface area contributed by atoms with Crippen molar-refractivity contribution in [1.82, 2.24) is 10.6 Å². The smallest absolute Gasteiger partial charge is 0.321 e. The molecular weight excluding hydrogens is 388 g/mol. The summed E-state index contributed by atoms with van der Waals surface area (Å²) in [7, 11) is 0. The number of esters is 1. The molecular formula is C22H30N2O6. The highest BCUT2D eigenvalue weighted by Crippen LogP contribution is 2.17. The number of carbonyl (C=O) groups is 4. The van der Waals surface area contributed by atoms with Gasteiger partial charge in [0.15, 0.2) is 11.9 Å². The lowest BCUT2D eigenvalue weighted by Gasteiger charge is -2.15. The average Bonchev–Trinajstić information content (AvgIpc) is 3.23. The molecule has 30 heavy (non-hydrogen) atoms. The van der Waals surface area contributed by atoms with Crippen LogP contribution in [0.1, 0.15) is 69.2 Å². The molecule has 2 rings (SSSR count). The Morgan fingerprint density at radius 1 is 1.07 bits per heavy atom. The Morgan fingerprint density at radius 3 is 2.37 bits per heavy atom. The molecule has 8 heteroatoms. The molecule has 1 aliphatic rings. The summed E-state index contributed by atoms with van der Waals surface area (Å²) >= 11 is 0. The van der Waals surface area contributed by atoms with Crippen molar-refractivity contribution in [3.63, 3.8) is 0 Å². The van der Waals surface area contributed by atoms with Gasteiger partial charge in [0.2, 0.25) is 0 Å². The fourth-order valence-corrected chi connectivity index (χ4v) is 3.13. The third-order valence-corrected chi connectivity index (χ3v) is 4.81. The Balaban J connectivity index is 1.70. The second kappa shape index (κ2) is 11.9. The van der Waals surface area contributed by atoms with Crippen LogP contribution in [0, 0.1) is 0 Å². The highest BCUT2D eigenvalue weighted by molar-refractivity contribution is 5.99. The Hall–Kier alpha value is -2.90. The van der Waals surface area contributed by atoms with Crippen LogP contribution >= 0.6 is 0 Å². The van der Waals surface area contributed by atoms with Crippen LogP contribution in [0.2, 0.25) is 0 Å². The minimum Gasteiger partial charge on any atom is -0.494 e. The summed E-state index contributed by atoms with van der Waals surface area (Å²) in [5.41, 5.74) is 0.473. The van der Waals surface area contributed by atoms with Crippen LogP contribution in [0.25, 0.3) is 0 Å². The maximum absolute atomic E-state index is 12.2. The van der Waals surface area contributed by atoms with Gasteiger partial charge >= 0.3 is 12.0 Å². The summed E-state index contributed by atoms with van der Waals surface area (Å²) in [5.74, 6) is -0.899. The molecule has 164 valence electrons. The summed E-state index contributed by atoms with van der Waals surface area (Å²) in [6.45, 7) is 3.99. The van der Waals surface area contributed by atoms with Gasteiger partial charge in [-0.05, 0) is 50.5 Å². The summed E-state index contributed by atoms with van der Waals surface area (Å²) in [4.78, 5) is 48.0. The second-order valence-corrected chi connectivity index (χ2v) is 7.37. The van der Waals surface area contributed by atoms with Crippen molar-refractivity contribution in [2.45, 2.75) is 70.9 Å². The molecule has 1 aromatic carbocycles. The van der Waals surface area contributed by atoms with Crippen molar-refractivity contribution in [2.75, 3.05) is 6.61 Å². The maximum atomic E-state index is 12.2. The lowest BCUT2D eigenvalue weighted by molar-refractivity contribution is -0.154. The number of ether oxygens (including phenoxy) is 2. The standard InChI is InChI=1S/C22H30N2O6/c1-3-14-29-18-10-8-16(9-11-18)19(25)12-13-20(26)30-15(2)21(27)24-22(28)23-17-6-4-5-7-17/h8-11,15,17H,3-7,12-14H2,1-2H3,(H2,23,24,27,28)/t15-/m1/s1. The second-order valence-electron chi connectivity index (χ2n) is 7.37. The first kappa shape index (κ1) is 23.4. The van der Waals surface area contributed by atoms with Crippen LogP contribution in [0.3, 0.4) is 0 Å². The number of Topliss-reactive ketones (excluding diaryl/α,β-unsaturated/α-hetero) is 1. The zero-order valence-corrected chi connectivity index (χ0v) is 17.6. The molecule has 0 aliphatic heterocycles. The predicted molar refractivity (Wildman–Crippen MR) is 110 cm³/mol. The summed E-state index contributed by atoms with van der Waals surface area (Å²) < 4.78 is 10.5. The monoisotopic (exact) mass is 418 g/mol. The molecule has 1 atom stereocenters. The number of urea groups is 1. The zero-order chi connectivity index (χ0) is 21.9. The predicted octanol–water partition coefficient (Wildman–Crippen LogP) is 3.14. The van der Waals surface area contributed by atoms with Crippen LogP contribution < -0.4 is 15.4 Å². The van der Waals surface area contributed by atoms with E-state index in [0.717, 1.165) is 32.1 Å². The first-order chi connectivity index (χ1) is 14.4. The maximum Gasteiger partial charge on any atom is 0.321 e. The topological polar surface area (TPSA) is 111 Å². The van der Waals surface area contributed by atoms with Crippen molar-refractivity contribution in [3.05, 3.63) is 29.8 Å². The van der Waals surface area contributed by atoms with Gasteiger partial charge in [-0.15, -0.1) is 0 Å². The molecule has 1 fully saturated rings. The van der Waals surface area contributed by atoms with E-state index >= 15 is 0 Å². The van der Waals surface area contributed by atoms with Crippen LogP contribution in [0.5, 0.6) is 5.75 Å². The molecule has 1 saturated carbocycles. The fourth-order valence-electron chi connectivity index (χ4n) is 3.13. The molecule has 0 saturated heterocycles. The number of hydrogen-bond acceptors (Lipinski definition) is 6. The van der Waals surface area contributed by atoms with E-state index in [1.165, 1.54) is 6.92 Å². The van der Waals surface area contributed by atoms with Gasteiger partial charge in [0.05, 0.1) is 13.0 Å². The van der Waals surface area contributed by atoms with Crippen molar-refractivity contribution in [1.29, 1.82) is 0 Å². The van der Waals surface area contributed by atoms with E-state index in [1.807, 2.05) is 6.92 Å². The quantitative estimate of drug-likeness (QED) is 0.446. The fraction of sp³-hybridized carbons (Fsp3) is 0.545. The normalized spacial score (nSPS) is 14.6. The first-order valence-corrected chi connectivity index (χ1v) is 10.5. The largest absolute Gasteiger partial charge is 0.494 e. The van der Waals surface area contributed by atoms with E-state index in [2.05, 4.69) is 10.6 Å². The van der Waals surface area contributed by atoms with Crippen molar-refractivity contribution >= 4 is 23.7 Å². The molecule has 8 nitrogen and oxygen atoms in total. The molecule has 0 aromatic heterocycles. The third-order valence-electron chi connectivity index (χ3n) is 4.81. The van der Waals surface area contributed by atoms with E-state index in [9.17, 15) is 19.2 Å². The zero-order valence-electron chi connectivity index (χ0n) is 17.6. The molecule has 0 bridgehead atoms. The number of nitrogens with one attached hydrogen (secondary N) is 2. The minimum atomic E-state index is -1.13. The molecule has 1 aromatic rings. The summed E-state index contributed by atoms with van der Waals surface area (Å²) in [6.07, 6.45) is 3.49. The number of ketones is 1. The molecule has 0 radical (unpaired) electrons.